The number of aromatic nitrogens is 3. The van der Waals surface area contributed by atoms with E-state index in [9.17, 15) is 0 Å². The van der Waals surface area contributed by atoms with Gasteiger partial charge in [-0.3, -0.25) is 5.10 Å². The van der Waals surface area contributed by atoms with Gasteiger partial charge in [-0.1, -0.05) is 0 Å². The number of aromatic amines is 1. The van der Waals surface area contributed by atoms with Crippen LogP contribution < -0.4 is 0 Å². The Morgan fingerprint density at radius 2 is 2.43 bits per heavy atom. The van der Waals surface area contributed by atoms with Gasteiger partial charge < -0.3 is 9.47 Å². The SMILES string of the molecule is Cc1n[nH]c(=S)n1CC1CCCN1C. The molecule has 14 heavy (non-hydrogen) atoms. The topological polar surface area (TPSA) is 36.9 Å². The summed E-state index contributed by atoms with van der Waals surface area (Å²) in [6.45, 7) is 4.16. The second-order valence-electron chi connectivity index (χ2n) is 3.96. The van der Waals surface area contributed by atoms with Crippen molar-refractivity contribution in [2.75, 3.05) is 13.6 Å². The first-order valence-corrected chi connectivity index (χ1v) is 5.41. The van der Waals surface area contributed by atoms with Crippen LogP contribution in [0, 0.1) is 11.7 Å². The number of nitrogens with zero attached hydrogens (tertiary/aromatic N) is 3. The first-order chi connectivity index (χ1) is 6.68. The quantitative estimate of drug-likeness (QED) is 0.752. The van der Waals surface area contributed by atoms with Crippen LogP contribution in [0.15, 0.2) is 0 Å². The monoisotopic (exact) mass is 212 g/mol. The predicted octanol–water partition coefficient (Wildman–Crippen LogP) is 1.34. The van der Waals surface area contributed by atoms with E-state index in [4.69, 9.17) is 12.2 Å². The minimum atomic E-state index is 0.623. The molecule has 5 heteroatoms. The maximum Gasteiger partial charge on any atom is 0.195 e. The smallest absolute Gasteiger partial charge is 0.195 e. The van der Waals surface area contributed by atoms with E-state index in [-0.39, 0.29) is 0 Å². The third-order valence-corrected chi connectivity index (χ3v) is 3.33. The Kier molecular flexibility index (Phi) is 2.69. The highest BCUT2D eigenvalue weighted by Gasteiger charge is 2.21. The number of likely N-dealkylation sites (N-methyl/N-ethyl adjacent to an activating group) is 1. The zero-order valence-corrected chi connectivity index (χ0v) is 9.47. The molecule has 1 aliphatic heterocycles. The summed E-state index contributed by atoms with van der Waals surface area (Å²) in [6.07, 6.45) is 2.56. The van der Waals surface area contributed by atoms with E-state index < -0.39 is 0 Å². The van der Waals surface area contributed by atoms with E-state index in [1.54, 1.807) is 0 Å². The van der Waals surface area contributed by atoms with E-state index in [0.717, 1.165) is 17.1 Å². The number of H-pyrrole nitrogens is 1. The van der Waals surface area contributed by atoms with E-state index in [2.05, 4.69) is 26.7 Å². The molecule has 0 aromatic carbocycles. The van der Waals surface area contributed by atoms with Crippen molar-refractivity contribution in [3.05, 3.63) is 10.6 Å². The first kappa shape index (κ1) is 9.86. The van der Waals surface area contributed by atoms with Crippen molar-refractivity contribution in [3.63, 3.8) is 0 Å². The molecule has 1 aromatic heterocycles. The summed E-state index contributed by atoms with van der Waals surface area (Å²) >= 11 is 5.17. The molecule has 2 heterocycles. The Morgan fingerprint density at radius 3 is 2.93 bits per heavy atom. The lowest BCUT2D eigenvalue weighted by molar-refractivity contribution is 0.280. The van der Waals surface area contributed by atoms with Gasteiger partial charge in [0.05, 0.1) is 0 Å². The van der Waals surface area contributed by atoms with Gasteiger partial charge in [0.2, 0.25) is 0 Å². The van der Waals surface area contributed by atoms with Gasteiger partial charge in [-0.2, -0.15) is 5.10 Å². The Hall–Kier alpha value is -0.680. The number of aryl methyl sites for hydroxylation is 1. The third kappa shape index (κ3) is 1.74. The number of nitrogens with one attached hydrogen (secondary N) is 1. The maximum atomic E-state index is 5.17. The van der Waals surface area contributed by atoms with Crippen molar-refractivity contribution in [1.82, 2.24) is 19.7 Å². The molecule has 2 rings (SSSR count). The molecule has 1 N–H and O–H groups in total. The van der Waals surface area contributed by atoms with Crippen LogP contribution in [-0.4, -0.2) is 39.3 Å². The fourth-order valence-corrected chi connectivity index (χ4v) is 2.28. The molecule has 1 unspecified atom stereocenters. The highest BCUT2D eigenvalue weighted by atomic mass is 32.1. The van der Waals surface area contributed by atoms with Crippen molar-refractivity contribution >= 4 is 12.2 Å². The molecule has 0 bridgehead atoms. The van der Waals surface area contributed by atoms with Gasteiger partial charge in [0.1, 0.15) is 5.82 Å². The molecular weight excluding hydrogens is 196 g/mol. The number of likely N-dealkylation sites (tertiary alicyclic amines) is 1. The second kappa shape index (κ2) is 3.82. The molecule has 0 saturated carbocycles. The predicted molar refractivity (Wildman–Crippen MR) is 57.8 cm³/mol. The average molecular weight is 212 g/mol. The second-order valence-corrected chi connectivity index (χ2v) is 4.35. The van der Waals surface area contributed by atoms with Crippen molar-refractivity contribution in [1.29, 1.82) is 0 Å². The van der Waals surface area contributed by atoms with Crippen molar-refractivity contribution < 1.29 is 0 Å². The standard InChI is InChI=1S/C9H16N4S/c1-7-10-11-9(14)13(7)6-8-4-3-5-12(8)2/h8H,3-6H2,1-2H3,(H,11,14). The maximum absolute atomic E-state index is 5.17. The van der Waals surface area contributed by atoms with Crippen LogP contribution in [-0.2, 0) is 6.54 Å². The third-order valence-electron chi connectivity index (χ3n) is 3.01. The highest BCUT2D eigenvalue weighted by molar-refractivity contribution is 7.71. The summed E-state index contributed by atoms with van der Waals surface area (Å²) in [5.74, 6) is 0.982. The Labute approximate surface area is 88.9 Å². The summed E-state index contributed by atoms with van der Waals surface area (Å²) in [6, 6.07) is 0.623. The zero-order valence-electron chi connectivity index (χ0n) is 8.66. The number of hydrogen-bond acceptors (Lipinski definition) is 3. The summed E-state index contributed by atoms with van der Waals surface area (Å²) in [5, 5.41) is 6.93. The Bertz CT molecular complexity index is 367. The lowest BCUT2D eigenvalue weighted by Crippen LogP contribution is -2.29. The van der Waals surface area contributed by atoms with Crippen LogP contribution in [0.1, 0.15) is 18.7 Å². The molecule has 1 aliphatic rings. The minimum absolute atomic E-state index is 0.623. The molecule has 4 nitrogen and oxygen atoms in total. The summed E-state index contributed by atoms with van der Waals surface area (Å²) in [5.41, 5.74) is 0. The van der Waals surface area contributed by atoms with Crippen molar-refractivity contribution in [2.45, 2.75) is 32.4 Å². The first-order valence-electron chi connectivity index (χ1n) is 5.00. The molecule has 1 saturated heterocycles. The molecule has 1 aromatic rings. The van der Waals surface area contributed by atoms with Gasteiger partial charge in [0, 0.05) is 12.6 Å². The summed E-state index contributed by atoms with van der Waals surface area (Å²) in [4.78, 5) is 2.40. The van der Waals surface area contributed by atoms with E-state index in [1.165, 1.54) is 19.4 Å². The lowest BCUT2D eigenvalue weighted by Gasteiger charge is -2.19. The number of hydrogen-bond donors (Lipinski definition) is 1. The van der Waals surface area contributed by atoms with Crippen molar-refractivity contribution in [3.8, 4) is 0 Å². The van der Waals surface area contributed by atoms with Crippen LogP contribution in [0.2, 0.25) is 0 Å². The van der Waals surface area contributed by atoms with Crippen molar-refractivity contribution in [2.24, 2.45) is 0 Å². The minimum Gasteiger partial charge on any atom is -0.303 e. The van der Waals surface area contributed by atoms with Gasteiger partial charge in [-0.05, 0) is 45.6 Å². The fraction of sp³-hybridized carbons (Fsp3) is 0.778. The summed E-state index contributed by atoms with van der Waals surface area (Å²) in [7, 11) is 2.18. The van der Waals surface area contributed by atoms with Crippen LogP contribution in [0.5, 0.6) is 0 Å². The van der Waals surface area contributed by atoms with Gasteiger partial charge in [0.25, 0.3) is 0 Å². The fourth-order valence-electron chi connectivity index (χ4n) is 2.03. The molecule has 1 fully saturated rings. The Balaban J connectivity index is 2.14. The molecular formula is C9H16N4S. The lowest BCUT2D eigenvalue weighted by atomic mass is 10.2. The molecule has 0 spiro atoms. The van der Waals surface area contributed by atoms with E-state index in [0.29, 0.717) is 6.04 Å². The molecule has 78 valence electrons. The molecule has 1 atom stereocenters. The number of rotatable bonds is 2. The largest absolute Gasteiger partial charge is 0.303 e. The molecule has 0 amide bonds. The van der Waals surface area contributed by atoms with Crippen LogP contribution in [0.3, 0.4) is 0 Å². The van der Waals surface area contributed by atoms with Crippen LogP contribution in [0.25, 0.3) is 0 Å². The summed E-state index contributed by atoms with van der Waals surface area (Å²) < 4.78 is 2.82. The van der Waals surface area contributed by atoms with E-state index >= 15 is 0 Å². The average Bonchev–Trinajstić information content (AvgIpc) is 2.67. The highest BCUT2D eigenvalue weighted by Crippen LogP contribution is 2.16. The normalized spacial score (nSPS) is 23.1. The van der Waals surface area contributed by atoms with Gasteiger partial charge in [-0.25, -0.2) is 0 Å². The van der Waals surface area contributed by atoms with Crippen LogP contribution in [0.4, 0.5) is 0 Å². The Morgan fingerprint density at radius 1 is 1.64 bits per heavy atom. The van der Waals surface area contributed by atoms with Gasteiger partial charge in [0.15, 0.2) is 4.77 Å². The zero-order chi connectivity index (χ0) is 10.1. The molecule has 0 radical (unpaired) electrons. The molecule has 0 aliphatic carbocycles. The van der Waals surface area contributed by atoms with Gasteiger partial charge >= 0.3 is 0 Å². The van der Waals surface area contributed by atoms with Gasteiger partial charge in [-0.15, -0.1) is 0 Å². The van der Waals surface area contributed by atoms with Crippen LogP contribution >= 0.6 is 12.2 Å². The van der Waals surface area contributed by atoms with E-state index in [1.807, 2.05) is 6.92 Å².